The van der Waals surface area contributed by atoms with Crippen molar-refractivity contribution in [3.8, 4) is 0 Å². The molecule has 0 fully saturated rings. The average molecular weight is 237 g/mol. The molecule has 0 bridgehead atoms. The third-order valence-electron chi connectivity index (χ3n) is 2.31. The van der Waals surface area contributed by atoms with Crippen molar-refractivity contribution < 1.29 is 24.6 Å². The molecule has 1 rings (SSSR count). The Balaban J connectivity index is 3.32. The van der Waals surface area contributed by atoms with Gasteiger partial charge >= 0.3 is 0 Å². The van der Waals surface area contributed by atoms with Crippen LogP contribution in [-0.4, -0.2) is 34.8 Å². The molecule has 2 atom stereocenters. The molecule has 1 aromatic carbocycles. The lowest BCUT2D eigenvalue weighted by Gasteiger charge is -2.18. The van der Waals surface area contributed by atoms with Crippen LogP contribution in [0.15, 0.2) is 18.2 Å². The van der Waals surface area contributed by atoms with Gasteiger partial charge in [0.25, 0.3) is 0 Å². The van der Waals surface area contributed by atoms with E-state index in [1.807, 2.05) is 0 Å². The van der Waals surface area contributed by atoms with Gasteiger partial charge in [0.1, 0.15) is 18.7 Å². The van der Waals surface area contributed by atoms with Crippen molar-refractivity contribution in [3.05, 3.63) is 34.9 Å². The van der Waals surface area contributed by atoms with E-state index in [1.54, 1.807) is 0 Å². The van der Waals surface area contributed by atoms with Gasteiger partial charge in [0.2, 0.25) is 5.91 Å². The van der Waals surface area contributed by atoms with E-state index >= 15 is 0 Å². The van der Waals surface area contributed by atoms with Crippen LogP contribution in [0.2, 0.25) is 0 Å². The number of nitrogens with two attached hydrogens (primary N) is 1. The van der Waals surface area contributed by atoms with Crippen LogP contribution in [0.1, 0.15) is 32.4 Å². The summed E-state index contributed by atoms with van der Waals surface area (Å²) in [5, 5.41) is 19.0. The Morgan fingerprint density at radius 1 is 1.18 bits per heavy atom. The van der Waals surface area contributed by atoms with E-state index in [1.165, 1.54) is 18.2 Å². The summed E-state index contributed by atoms with van der Waals surface area (Å²) in [7, 11) is 0. The van der Waals surface area contributed by atoms with Crippen LogP contribution < -0.4 is 5.73 Å². The molecule has 6 nitrogen and oxygen atoms in total. The zero-order chi connectivity index (χ0) is 13.0. The first-order valence-corrected chi connectivity index (χ1v) is 4.71. The highest BCUT2D eigenvalue weighted by Crippen LogP contribution is 2.23. The summed E-state index contributed by atoms with van der Waals surface area (Å²) in [6.45, 7) is 0. The van der Waals surface area contributed by atoms with Gasteiger partial charge < -0.3 is 15.9 Å². The summed E-state index contributed by atoms with van der Waals surface area (Å²) in [5.74, 6) is -1.14. The van der Waals surface area contributed by atoms with Crippen molar-refractivity contribution in [2.75, 3.05) is 0 Å². The van der Waals surface area contributed by atoms with Crippen LogP contribution in [-0.2, 0) is 4.79 Å². The molecule has 0 spiro atoms. The molecule has 0 heterocycles. The summed E-state index contributed by atoms with van der Waals surface area (Å²) >= 11 is 0. The molecule has 0 aliphatic heterocycles. The van der Waals surface area contributed by atoms with E-state index in [-0.39, 0.29) is 16.7 Å². The monoisotopic (exact) mass is 237 g/mol. The predicted molar refractivity (Wildman–Crippen MR) is 57.4 cm³/mol. The second kappa shape index (κ2) is 5.33. The van der Waals surface area contributed by atoms with Crippen molar-refractivity contribution in [2.24, 2.45) is 5.73 Å². The number of aliphatic hydroxyl groups excluding tert-OH is 2. The van der Waals surface area contributed by atoms with Crippen LogP contribution in [0.3, 0.4) is 0 Å². The van der Waals surface area contributed by atoms with Crippen LogP contribution in [0.5, 0.6) is 0 Å². The second-order valence-corrected chi connectivity index (χ2v) is 3.38. The lowest BCUT2D eigenvalue weighted by Crippen LogP contribution is -2.34. The van der Waals surface area contributed by atoms with Crippen LogP contribution in [0.4, 0.5) is 0 Å². The third kappa shape index (κ3) is 2.55. The maximum Gasteiger partial charge on any atom is 0.249 e. The minimum Gasteiger partial charge on any atom is -0.385 e. The number of carbonyl (C=O) groups excluding carboxylic acids is 3. The van der Waals surface area contributed by atoms with Crippen LogP contribution in [0.25, 0.3) is 0 Å². The van der Waals surface area contributed by atoms with Crippen LogP contribution in [0, 0.1) is 0 Å². The fourth-order valence-electron chi connectivity index (χ4n) is 1.46. The van der Waals surface area contributed by atoms with Gasteiger partial charge in [-0.05, 0) is 0 Å². The summed E-state index contributed by atoms with van der Waals surface area (Å²) < 4.78 is 0. The average Bonchev–Trinajstić information content (AvgIpc) is 2.35. The highest BCUT2D eigenvalue weighted by Gasteiger charge is 2.27. The smallest absolute Gasteiger partial charge is 0.249 e. The fourth-order valence-corrected chi connectivity index (χ4v) is 1.46. The number of amides is 1. The molecule has 1 amide bonds. The molecule has 17 heavy (non-hydrogen) atoms. The first kappa shape index (κ1) is 13.0. The Hall–Kier alpha value is -2.05. The number of rotatable bonds is 5. The number of benzene rings is 1. The maximum absolute atomic E-state index is 10.8. The number of aldehydes is 2. The van der Waals surface area contributed by atoms with Crippen molar-refractivity contribution in [2.45, 2.75) is 12.2 Å². The van der Waals surface area contributed by atoms with Gasteiger partial charge in [0.15, 0.2) is 6.10 Å². The number of hydrogen-bond donors (Lipinski definition) is 3. The minimum absolute atomic E-state index is 0.0161. The topological polar surface area (TPSA) is 118 Å². The number of hydrogen-bond acceptors (Lipinski definition) is 5. The molecular formula is C11H11NO5. The van der Waals surface area contributed by atoms with E-state index in [9.17, 15) is 24.6 Å². The Morgan fingerprint density at radius 2 is 1.65 bits per heavy atom. The Labute approximate surface area is 96.7 Å². The lowest BCUT2D eigenvalue weighted by molar-refractivity contribution is -0.132. The molecule has 1 aromatic rings. The van der Waals surface area contributed by atoms with Gasteiger partial charge in [0.05, 0.1) is 0 Å². The summed E-state index contributed by atoms with van der Waals surface area (Å²) in [5.41, 5.74) is 4.76. The Kier molecular flexibility index (Phi) is 4.08. The van der Waals surface area contributed by atoms with E-state index in [2.05, 4.69) is 0 Å². The highest BCUT2D eigenvalue weighted by molar-refractivity contribution is 5.87. The zero-order valence-corrected chi connectivity index (χ0v) is 8.74. The number of primary amides is 1. The molecular weight excluding hydrogens is 226 g/mol. The van der Waals surface area contributed by atoms with E-state index in [0.717, 1.165) is 0 Å². The second-order valence-electron chi connectivity index (χ2n) is 3.38. The molecule has 0 aliphatic carbocycles. The number of aliphatic hydroxyl groups is 2. The van der Waals surface area contributed by atoms with E-state index < -0.39 is 18.1 Å². The fraction of sp³-hybridized carbons (Fsp3) is 0.182. The molecule has 0 aromatic heterocycles. The molecule has 0 aliphatic rings. The van der Waals surface area contributed by atoms with Gasteiger partial charge in [0, 0.05) is 16.7 Å². The first-order chi connectivity index (χ1) is 8.02. The van der Waals surface area contributed by atoms with Crippen LogP contribution >= 0.6 is 0 Å². The standard InChI is InChI=1S/C11H11NO5/c12-11(17)10(16)9(15)8-6(4-13)2-1-3-7(8)5-14/h1-5,9-10,15-16H,(H2,12,17). The van der Waals surface area contributed by atoms with E-state index in [4.69, 9.17) is 5.73 Å². The first-order valence-electron chi connectivity index (χ1n) is 4.71. The summed E-state index contributed by atoms with van der Waals surface area (Å²) in [4.78, 5) is 32.3. The van der Waals surface area contributed by atoms with E-state index in [0.29, 0.717) is 12.6 Å². The van der Waals surface area contributed by atoms with Crippen molar-refractivity contribution in [1.29, 1.82) is 0 Å². The van der Waals surface area contributed by atoms with Gasteiger partial charge in [-0.1, -0.05) is 18.2 Å². The number of carbonyl (C=O) groups is 3. The molecule has 0 radical (unpaired) electrons. The molecule has 0 saturated carbocycles. The van der Waals surface area contributed by atoms with Gasteiger partial charge in [-0.2, -0.15) is 0 Å². The molecule has 6 heteroatoms. The summed E-state index contributed by atoms with van der Waals surface area (Å²) in [6.07, 6.45) is -2.76. The summed E-state index contributed by atoms with van der Waals surface area (Å²) in [6, 6.07) is 4.15. The van der Waals surface area contributed by atoms with Gasteiger partial charge in [-0.15, -0.1) is 0 Å². The van der Waals surface area contributed by atoms with Crippen molar-refractivity contribution >= 4 is 18.5 Å². The predicted octanol–water partition coefficient (Wildman–Crippen LogP) is -0.809. The minimum atomic E-state index is -1.88. The van der Waals surface area contributed by atoms with Gasteiger partial charge in [-0.25, -0.2) is 0 Å². The van der Waals surface area contributed by atoms with Gasteiger partial charge in [-0.3, -0.25) is 14.4 Å². The SMILES string of the molecule is NC(=O)C(O)C(O)c1c(C=O)cccc1C=O. The largest absolute Gasteiger partial charge is 0.385 e. The quantitative estimate of drug-likeness (QED) is 0.579. The highest BCUT2D eigenvalue weighted by atomic mass is 16.3. The molecule has 2 unspecified atom stereocenters. The lowest BCUT2D eigenvalue weighted by atomic mass is 9.94. The molecule has 90 valence electrons. The Morgan fingerprint density at radius 3 is 2.00 bits per heavy atom. The zero-order valence-electron chi connectivity index (χ0n) is 8.74. The molecule has 0 saturated heterocycles. The Bertz CT molecular complexity index is 431. The molecule has 4 N–H and O–H groups in total. The van der Waals surface area contributed by atoms with Crippen molar-refractivity contribution in [1.82, 2.24) is 0 Å². The third-order valence-corrected chi connectivity index (χ3v) is 2.31. The normalized spacial score (nSPS) is 13.8. The maximum atomic E-state index is 10.8. The van der Waals surface area contributed by atoms with Crippen molar-refractivity contribution in [3.63, 3.8) is 0 Å².